The van der Waals surface area contributed by atoms with E-state index >= 15 is 0 Å². The van der Waals surface area contributed by atoms with Crippen LogP contribution in [0.4, 0.5) is 4.39 Å². The fourth-order valence-electron chi connectivity index (χ4n) is 1.85. The molecule has 3 nitrogen and oxygen atoms in total. The van der Waals surface area contributed by atoms with E-state index in [2.05, 4.69) is 10.3 Å². The van der Waals surface area contributed by atoms with Crippen molar-refractivity contribution in [1.82, 2.24) is 14.7 Å². The third-order valence-electron chi connectivity index (χ3n) is 2.76. The van der Waals surface area contributed by atoms with E-state index < -0.39 is 0 Å². The van der Waals surface area contributed by atoms with Crippen molar-refractivity contribution in [2.75, 3.05) is 0 Å². The summed E-state index contributed by atoms with van der Waals surface area (Å²) in [6, 6.07) is 4.74. The molecule has 1 aromatic carbocycles. The van der Waals surface area contributed by atoms with Gasteiger partial charge in [0.2, 0.25) is 0 Å². The average Bonchev–Trinajstić information content (AvgIpc) is 2.94. The Balaban J connectivity index is 1.60. The summed E-state index contributed by atoms with van der Waals surface area (Å²) in [6.45, 7) is 1.30. The number of nitrogens with one attached hydrogen (secondary N) is 1. The molecule has 2 heterocycles. The van der Waals surface area contributed by atoms with Gasteiger partial charge in [0.1, 0.15) is 5.82 Å². The quantitative estimate of drug-likeness (QED) is 0.798. The van der Waals surface area contributed by atoms with E-state index in [4.69, 9.17) is 11.6 Å². The van der Waals surface area contributed by atoms with Crippen LogP contribution in [0, 0.1) is 5.82 Å². The maximum atomic E-state index is 13.0. The number of benzene rings is 1. The summed E-state index contributed by atoms with van der Waals surface area (Å²) in [7, 11) is 0. The first-order chi connectivity index (χ1) is 9.22. The van der Waals surface area contributed by atoms with Gasteiger partial charge in [-0.2, -0.15) is 0 Å². The standard InChI is InChI=1S/C13H11ClFN3S/c14-11-5-9(1-2-12(11)15)6-16-7-10-8-18-3-4-19-13(18)17-10/h1-5,8,16H,6-7H2. The Labute approximate surface area is 118 Å². The molecular weight excluding hydrogens is 285 g/mol. The summed E-state index contributed by atoms with van der Waals surface area (Å²) in [5, 5.41) is 5.42. The van der Waals surface area contributed by atoms with Gasteiger partial charge in [-0.05, 0) is 17.7 Å². The summed E-state index contributed by atoms with van der Waals surface area (Å²) in [6.07, 6.45) is 3.98. The van der Waals surface area contributed by atoms with Crippen LogP contribution in [0.5, 0.6) is 0 Å². The Hall–Kier alpha value is -1.43. The molecule has 0 aliphatic carbocycles. The summed E-state index contributed by atoms with van der Waals surface area (Å²) in [4.78, 5) is 5.46. The van der Waals surface area contributed by atoms with Crippen LogP contribution in [0.25, 0.3) is 4.96 Å². The first kappa shape index (κ1) is 12.6. The van der Waals surface area contributed by atoms with Crippen molar-refractivity contribution in [1.29, 1.82) is 0 Å². The zero-order valence-electron chi connectivity index (χ0n) is 9.94. The zero-order valence-corrected chi connectivity index (χ0v) is 11.5. The number of hydrogen-bond donors (Lipinski definition) is 1. The normalized spacial score (nSPS) is 11.3. The van der Waals surface area contributed by atoms with E-state index in [0.717, 1.165) is 16.2 Å². The van der Waals surface area contributed by atoms with Crippen LogP contribution in [0.1, 0.15) is 11.3 Å². The first-order valence-corrected chi connectivity index (χ1v) is 7.04. The number of fused-ring (bicyclic) bond motifs is 1. The number of hydrogen-bond acceptors (Lipinski definition) is 3. The minimum atomic E-state index is -0.389. The van der Waals surface area contributed by atoms with Gasteiger partial charge in [0.15, 0.2) is 4.96 Å². The first-order valence-electron chi connectivity index (χ1n) is 5.78. The van der Waals surface area contributed by atoms with Crippen molar-refractivity contribution < 1.29 is 4.39 Å². The average molecular weight is 296 g/mol. The van der Waals surface area contributed by atoms with Gasteiger partial charge >= 0.3 is 0 Å². The number of halogens is 2. The van der Waals surface area contributed by atoms with Crippen LogP contribution in [0.3, 0.4) is 0 Å². The van der Waals surface area contributed by atoms with Crippen molar-refractivity contribution in [2.24, 2.45) is 0 Å². The predicted molar refractivity (Wildman–Crippen MR) is 75.0 cm³/mol. The maximum Gasteiger partial charge on any atom is 0.193 e. The molecule has 6 heteroatoms. The van der Waals surface area contributed by atoms with Crippen LogP contribution in [0.2, 0.25) is 5.02 Å². The highest BCUT2D eigenvalue weighted by Crippen LogP contribution is 2.16. The van der Waals surface area contributed by atoms with E-state index in [1.54, 1.807) is 23.5 Å². The van der Waals surface area contributed by atoms with Crippen LogP contribution >= 0.6 is 22.9 Å². The van der Waals surface area contributed by atoms with Gasteiger partial charge in [0.05, 0.1) is 10.7 Å². The molecule has 0 aliphatic rings. The third kappa shape index (κ3) is 2.78. The SMILES string of the molecule is Fc1ccc(CNCc2cn3ccsc3n2)cc1Cl. The number of imidazole rings is 1. The van der Waals surface area contributed by atoms with Gasteiger partial charge in [0, 0.05) is 30.9 Å². The molecule has 0 fully saturated rings. The lowest BCUT2D eigenvalue weighted by atomic mass is 10.2. The molecule has 0 atom stereocenters. The summed E-state index contributed by atoms with van der Waals surface area (Å²) in [5.41, 5.74) is 1.94. The zero-order chi connectivity index (χ0) is 13.2. The van der Waals surface area contributed by atoms with E-state index in [1.807, 2.05) is 22.2 Å². The molecule has 1 N–H and O–H groups in total. The molecule has 2 aromatic heterocycles. The van der Waals surface area contributed by atoms with Crippen molar-refractivity contribution >= 4 is 27.9 Å². The highest BCUT2D eigenvalue weighted by molar-refractivity contribution is 7.15. The van der Waals surface area contributed by atoms with Crippen molar-refractivity contribution in [3.8, 4) is 0 Å². The van der Waals surface area contributed by atoms with Crippen molar-refractivity contribution in [3.05, 3.63) is 58.1 Å². The second-order valence-corrected chi connectivity index (χ2v) is 5.46. The van der Waals surface area contributed by atoms with Gasteiger partial charge in [-0.25, -0.2) is 9.37 Å². The molecule has 0 aliphatic heterocycles. The van der Waals surface area contributed by atoms with Gasteiger partial charge in [-0.3, -0.25) is 4.40 Å². The highest BCUT2D eigenvalue weighted by Gasteiger charge is 2.03. The van der Waals surface area contributed by atoms with Gasteiger partial charge in [0.25, 0.3) is 0 Å². The lowest BCUT2D eigenvalue weighted by Gasteiger charge is -2.04. The molecule has 0 unspecified atom stereocenters. The minimum absolute atomic E-state index is 0.154. The molecule has 0 spiro atoms. The molecule has 0 radical (unpaired) electrons. The molecule has 0 saturated carbocycles. The molecule has 0 bridgehead atoms. The molecule has 19 heavy (non-hydrogen) atoms. The van der Waals surface area contributed by atoms with Crippen molar-refractivity contribution in [3.63, 3.8) is 0 Å². The molecule has 0 amide bonds. The van der Waals surface area contributed by atoms with Gasteiger partial charge < -0.3 is 5.32 Å². The van der Waals surface area contributed by atoms with E-state index in [1.165, 1.54) is 6.07 Å². The monoisotopic (exact) mass is 295 g/mol. The molecular formula is C13H11ClFN3S. The fourth-order valence-corrected chi connectivity index (χ4v) is 2.77. The topological polar surface area (TPSA) is 29.3 Å². The number of aromatic nitrogens is 2. The Bertz CT molecular complexity index is 678. The summed E-state index contributed by atoms with van der Waals surface area (Å²) in [5.74, 6) is -0.389. The number of rotatable bonds is 4. The van der Waals surface area contributed by atoms with Crippen LogP contribution in [-0.2, 0) is 13.1 Å². The van der Waals surface area contributed by atoms with Crippen LogP contribution in [0.15, 0.2) is 36.0 Å². The Morgan fingerprint density at radius 3 is 3.05 bits per heavy atom. The summed E-state index contributed by atoms with van der Waals surface area (Å²) < 4.78 is 15.0. The fraction of sp³-hybridized carbons (Fsp3) is 0.154. The van der Waals surface area contributed by atoms with Crippen LogP contribution < -0.4 is 5.32 Å². The second kappa shape index (κ2) is 5.28. The number of nitrogens with zero attached hydrogens (tertiary/aromatic N) is 2. The summed E-state index contributed by atoms with van der Waals surface area (Å²) >= 11 is 7.34. The molecule has 0 saturated heterocycles. The molecule has 98 valence electrons. The Morgan fingerprint density at radius 2 is 2.26 bits per heavy atom. The van der Waals surface area contributed by atoms with Gasteiger partial charge in [-0.1, -0.05) is 17.7 Å². The Morgan fingerprint density at radius 1 is 1.37 bits per heavy atom. The van der Waals surface area contributed by atoms with E-state index in [-0.39, 0.29) is 10.8 Å². The van der Waals surface area contributed by atoms with E-state index in [9.17, 15) is 4.39 Å². The smallest absolute Gasteiger partial charge is 0.193 e. The highest BCUT2D eigenvalue weighted by atomic mass is 35.5. The Kier molecular flexibility index (Phi) is 3.50. The van der Waals surface area contributed by atoms with Crippen molar-refractivity contribution in [2.45, 2.75) is 13.1 Å². The molecule has 3 rings (SSSR count). The minimum Gasteiger partial charge on any atom is -0.307 e. The predicted octanol–water partition coefficient (Wildman–Crippen LogP) is 3.48. The molecule has 3 aromatic rings. The lowest BCUT2D eigenvalue weighted by Crippen LogP contribution is -2.12. The maximum absolute atomic E-state index is 13.0. The lowest BCUT2D eigenvalue weighted by molar-refractivity contribution is 0.625. The largest absolute Gasteiger partial charge is 0.307 e. The van der Waals surface area contributed by atoms with Gasteiger partial charge in [-0.15, -0.1) is 11.3 Å². The number of thiazole rings is 1. The second-order valence-electron chi connectivity index (χ2n) is 4.18. The van der Waals surface area contributed by atoms with E-state index in [0.29, 0.717) is 13.1 Å². The third-order valence-corrected chi connectivity index (χ3v) is 3.82. The van der Waals surface area contributed by atoms with Crippen LogP contribution in [-0.4, -0.2) is 9.38 Å².